The molecule has 1 aliphatic carbocycles. The standard InChI is InChI=1S/C34H36N12O2/c1-44-21-26(19-40-44)24-7-12-31(37-17-24)46(34(48)39-16-23-5-3-2-4-6-23)29-10-8-28(9-11-29)42-33-38-18-25(15-35)32(43-33)27-20-41-45(22-27)14-13-30(36)47/h2-7,12,17-22,28-29H,8-11,13-14,16H2,1H3,(H2,36,47)(H,39,48)(H,38,42,43)/t28-,29-. The fourth-order valence-corrected chi connectivity index (χ4v) is 5.83. The second-order valence-electron chi connectivity index (χ2n) is 11.7. The summed E-state index contributed by atoms with van der Waals surface area (Å²) in [6.07, 6.45) is 13.5. The second kappa shape index (κ2) is 14.5. The van der Waals surface area contributed by atoms with E-state index in [0.717, 1.165) is 42.4 Å². The van der Waals surface area contributed by atoms with Gasteiger partial charge in [0.1, 0.15) is 11.9 Å². The van der Waals surface area contributed by atoms with Crippen LogP contribution < -0.4 is 21.3 Å². The highest BCUT2D eigenvalue weighted by molar-refractivity contribution is 5.91. The van der Waals surface area contributed by atoms with E-state index in [1.54, 1.807) is 39.1 Å². The molecule has 4 aromatic heterocycles. The Bertz CT molecular complexity index is 1900. The molecular weight excluding hydrogens is 608 g/mol. The maximum atomic E-state index is 13.7. The number of amides is 3. The minimum Gasteiger partial charge on any atom is -0.370 e. The first-order chi connectivity index (χ1) is 23.4. The smallest absolute Gasteiger partial charge is 0.323 e. The Morgan fingerprint density at radius 2 is 1.75 bits per heavy atom. The van der Waals surface area contributed by atoms with Gasteiger partial charge in [-0.05, 0) is 43.4 Å². The zero-order valence-corrected chi connectivity index (χ0v) is 26.5. The molecule has 5 aromatic rings. The van der Waals surface area contributed by atoms with Crippen molar-refractivity contribution in [2.45, 2.75) is 57.3 Å². The number of benzene rings is 1. The summed E-state index contributed by atoms with van der Waals surface area (Å²) in [7, 11) is 1.87. The molecule has 0 bridgehead atoms. The van der Waals surface area contributed by atoms with Crippen LogP contribution in [0.15, 0.2) is 79.6 Å². The molecule has 1 aromatic carbocycles. The van der Waals surface area contributed by atoms with Gasteiger partial charge in [-0.1, -0.05) is 30.3 Å². The lowest BCUT2D eigenvalue weighted by Gasteiger charge is -2.36. The molecule has 4 heterocycles. The quantitative estimate of drug-likeness (QED) is 0.191. The number of carbonyl (C=O) groups is 2. The Morgan fingerprint density at radius 3 is 2.44 bits per heavy atom. The third-order valence-corrected chi connectivity index (χ3v) is 8.34. The van der Waals surface area contributed by atoms with Gasteiger partial charge in [-0.15, -0.1) is 0 Å². The highest BCUT2D eigenvalue weighted by Gasteiger charge is 2.31. The molecule has 0 aliphatic heterocycles. The molecule has 0 spiro atoms. The third-order valence-electron chi connectivity index (χ3n) is 8.34. The van der Waals surface area contributed by atoms with Crippen LogP contribution in [0.25, 0.3) is 22.4 Å². The number of carbonyl (C=O) groups excluding carboxylic acids is 2. The molecule has 1 fully saturated rings. The highest BCUT2D eigenvalue weighted by Crippen LogP contribution is 2.30. The average Bonchev–Trinajstić information content (AvgIpc) is 3.77. The van der Waals surface area contributed by atoms with Crippen LogP contribution in [0.5, 0.6) is 0 Å². The molecule has 1 saturated carbocycles. The molecule has 3 amide bonds. The van der Waals surface area contributed by atoms with Crippen LogP contribution in [0.4, 0.5) is 16.6 Å². The highest BCUT2D eigenvalue weighted by atomic mass is 16.2. The Kier molecular flexibility index (Phi) is 9.66. The fourth-order valence-electron chi connectivity index (χ4n) is 5.83. The number of aryl methyl sites for hydroxylation is 2. The van der Waals surface area contributed by atoms with Crippen molar-refractivity contribution in [3.63, 3.8) is 0 Å². The van der Waals surface area contributed by atoms with Crippen LogP contribution in [-0.2, 0) is 24.9 Å². The van der Waals surface area contributed by atoms with E-state index in [4.69, 9.17) is 10.7 Å². The van der Waals surface area contributed by atoms with Crippen LogP contribution in [0.2, 0.25) is 0 Å². The van der Waals surface area contributed by atoms with Crippen LogP contribution >= 0.6 is 0 Å². The summed E-state index contributed by atoms with van der Waals surface area (Å²) in [5.41, 5.74) is 9.56. The van der Waals surface area contributed by atoms with Gasteiger partial charge in [-0.3, -0.25) is 19.1 Å². The van der Waals surface area contributed by atoms with Crippen LogP contribution in [0.1, 0.15) is 43.2 Å². The number of hydrogen-bond donors (Lipinski definition) is 3. The molecule has 0 unspecified atom stereocenters. The van der Waals surface area contributed by atoms with Gasteiger partial charge < -0.3 is 16.4 Å². The van der Waals surface area contributed by atoms with Crippen molar-refractivity contribution in [1.82, 2.24) is 39.8 Å². The molecule has 6 rings (SSSR count). The molecular formula is C34H36N12O2. The van der Waals surface area contributed by atoms with Crippen molar-refractivity contribution in [2.24, 2.45) is 12.8 Å². The van der Waals surface area contributed by atoms with Gasteiger partial charge in [-0.2, -0.15) is 15.5 Å². The lowest BCUT2D eigenvalue weighted by atomic mass is 9.90. The first-order valence-electron chi connectivity index (χ1n) is 15.8. The van der Waals surface area contributed by atoms with Crippen molar-refractivity contribution in [1.29, 1.82) is 5.26 Å². The summed E-state index contributed by atoms with van der Waals surface area (Å²) in [6.45, 7) is 0.741. The van der Waals surface area contributed by atoms with Crippen molar-refractivity contribution < 1.29 is 9.59 Å². The number of nitrogens with two attached hydrogens (primary N) is 1. The molecule has 14 nitrogen and oxygen atoms in total. The molecule has 1 aliphatic rings. The van der Waals surface area contributed by atoms with Gasteiger partial charge in [0.15, 0.2) is 0 Å². The van der Waals surface area contributed by atoms with E-state index in [-0.39, 0.29) is 24.5 Å². The summed E-state index contributed by atoms with van der Waals surface area (Å²) in [5.74, 6) is 0.572. The van der Waals surface area contributed by atoms with E-state index < -0.39 is 5.91 Å². The monoisotopic (exact) mass is 644 g/mol. The molecule has 0 atom stereocenters. The van der Waals surface area contributed by atoms with Crippen LogP contribution in [0.3, 0.4) is 0 Å². The number of aromatic nitrogens is 7. The summed E-state index contributed by atoms with van der Waals surface area (Å²) in [6, 6.07) is 15.6. The van der Waals surface area contributed by atoms with Gasteiger partial charge in [0.2, 0.25) is 11.9 Å². The van der Waals surface area contributed by atoms with Gasteiger partial charge in [-0.25, -0.2) is 19.7 Å². The Hall–Kier alpha value is -6.10. The van der Waals surface area contributed by atoms with E-state index in [2.05, 4.69) is 36.9 Å². The lowest BCUT2D eigenvalue weighted by Crippen LogP contribution is -2.49. The molecule has 0 saturated heterocycles. The maximum Gasteiger partial charge on any atom is 0.323 e. The molecule has 14 heteroatoms. The number of rotatable bonds is 11. The SMILES string of the molecule is Cn1cc(-c2ccc(N(C(=O)NCc3ccccc3)[C@H]3CC[C@H](Nc4ncc(C#N)c(-c5cnn(CCC(N)=O)c5)n4)CC3)nc2)cn1. The third kappa shape index (κ3) is 7.64. The van der Waals surface area contributed by atoms with E-state index in [9.17, 15) is 14.9 Å². The number of nitrogens with one attached hydrogen (secondary N) is 2. The number of anilines is 2. The van der Waals surface area contributed by atoms with E-state index in [1.165, 1.54) is 6.20 Å². The molecule has 244 valence electrons. The van der Waals surface area contributed by atoms with Crippen molar-refractivity contribution in [2.75, 3.05) is 10.2 Å². The zero-order valence-electron chi connectivity index (χ0n) is 26.5. The zero-order chi connectivity index (χ0) is 33.5. The van der Waals surface area contributed by atoms with E-state index in [1.807, 2.05) is 55.7 Å². The van der Waals surface area contributed by atoms with Gasteiger partial charge in [0.25, 0.3) is 0 Å². The predicted octanol–water partition coefficient (Wildman–Crippen LogP) is 4.02. The van der Waals surface area contributed by atoms with Crippen molar-refractivity contribution in [3.05, 3.63) is 90.8 Å². The largest absolute Gasteiger partial charge is 0.370 e. The van der Waals surface area contributed by atoms with Crippen LogP contribution in [0, 0.1) is 11.3 Å². The van der Waals surface area contributed by atoms with E-state index in [0.29, 0.717) is 41.7 Å². The number of primary amides is 1. The van der Waals surface area contributed by atoms with Crippen molar-refractivity contribution >= 4 is 23.7 Å². The number of pyridine rings is 1. The maximum absolute atomic E-state index is 13.7. The molecule has 4 N–H and O–H groups in total. The van der Waals surface area contributed by atoms with Crippen molar-refractivity contribution in [3.8, 4) is 28.5 Å². The Morgan fingerprint density at radius 1 is 0.958 bits per heavy atom. The normalized spacial score (nSPS) is 15.8. The average molecular weight is 645 g/mol. The van der Waals surface area contributed by atoms with E-state index >= 15 is 0 Å². The van der Waals surface area contributed by atoms with Gasteiger partial charge in [0, 0.05) is 73.9 Å². The Labute approximate surface area is 277 Å². The summed E-state index contributed by atoms with van der Waals surface area (Å²) in [5, 5.41) is 24.7. The van der Waals surface area contributed by atoms with Gasteiger partial charge >= 0.3 is 6.03 Å². The number of urea groups is 1. The first-order valence-corrected chi connectivity index (χ1v) is 15.8. The molecule has 48 heavy (non-hydrogen) atoms. The summed E-state index contributed by atoms with van der Waals surface area (Å²) >= 11 is 0. The summed E-state index contributed by atoms with van der Waals surface area (Å²) in [4.78, 5) is 40.4. The number of hydrogen-bond acceptors (Lipinski definition) is 9. The Balaban J connectivity index is 1.15. The number of nitriles is 1. The predicted molar refractivity (Wildman–Crippen MR) is 179 cm³/mol. The minimum atomic E-state index is -0.418. The second-order valence-corrected chi connectivity index (χ2v) is 11.7. The number of nitrogens with zero attached hydrogens (tertiary/aromatic N) is 9. The summed E-state index contributed by atoms with van der Waals surface area (Å²) < 4.78 is 3.34. The van der Waals surface area contributed by atoms with Crippen LogP contribution in [-0.4, -0.2) is 58.5 Å². The topological polar surface area (TPSA) is 186 Å². The first kappa shape index (κ1) is 31.9. The van der Waals surface area contributed by atoms with Gasteiger partial charge in [0.05, 0.1) is 29.8 Å². The molecule has 0 radical (unpaired) electrons. The lowest BCUT2D eigenvalue weighted by molar-refractivity contribution is -0.118. The minimum absolute atomic E-state index is 0.0653. The fraction of sp³-hybridized carbons (Fsp3) is 0.294.